The fraction of sp³-hybridized carbons (Fsp3) is 0.529. The summed E-state index contributed by atoms with van der Waals surface area (Å²) in [5.74, 6) is 0.940. The van der Waals surface area contributed by atoms with Crippen LogP contribution in [0.25, 0.3) is 0 Å². The van der Waals surface area contributed by atoms with E-state index >= 15 is 0 Å². The Morgan fingerprint density at radius 3 is 2.71 bits per heavy atom. The number of carbonyl (C=O) groups excluding carboxylic acids is 1. The van der Waals surface area contributed by atoms with Gasteiger partial charge in [-0.1, -0.05) is 0 Å². The lowest BCUT2D eigenvalue weighted by Gasteiger charge is -2.35. The van der Waals surface area contributed by atoms with E-state index in [0.29, 0.717) is 18.7 Å². The largest absolute Gasteiger partial charge is 0.353 e. The highest BCUT2D eigenvalue weighted by Crippen LogP contribution is 2.35. The van der Waals surface area contributed by atoms with Crippen LogP contribution in [-0.4, -0.2) is 32.1 Å². The number of aromatic amines is 2. The predicted octanol–water partition coefficient (Wildman–Crippen LogP) is 1.41. The Balaban J connectivity index is 1.46. The number of carbonyl (C=O) groups is 1. The van der Waals surface area contributed by atoms with Crippen LogP contribution in [0, 0.1) is 20.8 Å². The molecule has 1 fully saturated rings. The number of hydrogen-bond acceptors (Lipinski definition) is 4. The summed E-state index contributed by atoms with van der Waals surface area (Å²) in [5, 5.41) is 10.2. The first-order chi connectivity index (χ1) is 11.4. The molecule has 0 aliphatic heterocycles. The summed E-state index contributed by atoms with van der Waals surface area (Å²) in [6, 6.07) is 1.73. The Hall–Kier alpha value is -2.44. The number of rotatable bonds is 5. The van der Waals surface area contributed by atoms with Crippen LogP contribution in [0.2, 0.25) is 0 Å². The average molecular weight is 329 g/mol. The second kappa shape index (κ2) is 6.59. The smallest absolute Gasteiger partial charge is 0.251 e. The van der Waals surface area contributed by atoms with Crippen molar-refractivity contribution >= 4 is 5.91 Å². The lowest BCUT2D eigenvalue weighted by Crippen LogP contribution is -2.43. The zero-order valence-corrected chi connectivity index (χ0v) is 14.3. The molecule has 0 radical (unpaired) electrons. The molecule has 0 atom stereocenters. The Labute approximate surface area is 140 Å². The van der Waals surface area contributed by atoms with Crippen LogP contribution in [0.5, 0.6) is 0 Å². The summed E-state index contributed by atoms with van der Waals surface area (Å²) >= 11 is 0. The minimum atomic E-state index is -0.116. The maximum atomic E-state index is 12.1. The van der Waals surface area contributed by atoms with E-state index in [4.69, 9.17) is 0 Å². The first-order valence-corrected chi connectivity index (χ1v) is 8.30. The van der Waals surface area contributed by atoms with Gasteiger partial charge in [-0.15, -0.1) is 0 Å². The van der Waals surface area contributed by atoms with Crippen LogP contribution in [-0.2, 0) is 11.2 Å². The van der Waals surface area contributed by atoms with Crippen molar-refractivity contribution in [1.82, 2.24) is 25.5 Å². The molecule has 3 N–H and O–H groups in total. The van der Waals surface area contributed by atoms with Crippen molar-refractivity contribution in [1.29, 1.82) is 0 Å². The van der Waals surface area contributed by atoms with Crippen molar-refractivity contribution in [2.24, 2.45) is 0 Å². The van der Waals surface area contributed by atoms with E-state index in [-0.39, 0.29) is 23.4 Å². The number of aryl methyl sites for hydroxylation is 3. The van der Waals surface area contributed by atoms with Gasteiger partial charge in [0.2, 0.25) is 5.91 Å². The summed E-state index contributed by atoms with van der Waals surface area (Å²) in [6.07, 6.45) is 2.76. The molecule has 24 heavy (non-hydrogen) atoms. The van der Waals surface area contributed by atoms with Crippen molar-refractivity contribution in [2.45, 2.75) is 58.4 Å². The summed E-state index contributed by atoms with van der Waals surface area (Å²) in [5.41, 5.74) is 3.84. The van der Waals surface area contributed by atoms with Gasteiger partial charge in [0.1, 0.15) is 5.82 Å². The fourth-order valence-electron chi connectivity index (χ4n) is 3.10. The van der Waals surface area contributed by atoms with Gasteiger partial charge >= 0.3 is 0 Å². The van der Waals surface area contributed by atoms with E-state index in [2.05, 4.69) is 25.5 Å². The van der Waals surface area contributed by atoms with Gasteiger partial charge in [0, 0.05) is 36.6 Å². The van der Waals surface area contributed by atoms with Crippen LogP contribution in [0.4, 0.5) is 0 Å². The minimum absolute atomic E-state index is 0.0496. The van der Waals surface area contributed by atoms with Gasteiger partial charge in [-0.3, -0.25) is 14.7 Å². The third-order valence-electron chi connectivity index (χ3n) is 4.74. The average Bonchev–Trinajstić information content (AvgIpc) is 2.79. The predicted molar refractivity (Wildman–Crippen MR) is 89.9 cm³/mol. The van der Waals surface area contributed by atoms with Crippen molar-refractivity contribution in [3.63, 3.8) is 0 Å². The van der Waals surface area contributed by atoms with Crippen molar-refractivity contribution in [3.05, 3.63) is 44.9 Å². The van der Waals surface area contributed by atoms with Crippen molar-refractivity contribution in [2.75, 3.05) is 0 Å². The number of nitrogens with zero attached hydrogens (tertiary/aromatic N) is 2. The molecule has 3 rings (SSSR count). The highest BCUT2D eigenvalue weighted by Gasteiger charge is 2.32. The van der Waals surface area contributed by atoms with Gasteiger partial charge < -0.3 is 10.3 Å². The second-order valence-corrected chi connectivity index (χ2v) is 6.61. The normalized spacial score (nSPS) is 19.8. The molecule has 128 valence electrons. The molecular formula is C17H23N5O2. The number of aromatic nitrogens is 4. The van der Waals surface area contributed by atoms with Crippen LogP contribution in [0.3, 0.4) is 0 Å². The van der Waals surface area contributed by atoms with Crippen LogP contribution in [0.15, 0.2) is 10.9 Å². The molecule has 1 aliphatic rings. The second-order valence-electron chi connectivity index (χ2n) is 6.61. The molecule has 0 aromatic carbocycles. The van der Waals surface area contributed by atoms with Gasteiger partial charge in [0.15, 0.2) is 0 Å². The number of nitrogens with one attached hydrogen (secondary N) is 3. The quantitative estimate of drug-likeness (QED) is 0.771. The first-order valence-electron chi connectivity index (χ1n) is 8.30. The van der Waals surface area contributed by atoms with E-state index in [1.807, 2.05) is 13.8 Å². The topological polar surface area (TPSA) is 104 Å². The molecule has 2 heterocycles. The molecule has 0 spiro atoms. The van der Waals surface area contributed by atoms with Crippen molar-refractivity contribution < 1.29 is 4.79 Å². The zero-order valence-electron chi connectivity index (χ0n) is 14.3. The van der Waals surface area contributed by atoms with Gasteiger partial charge in [-0.05, 0) is 39.2 Å². The molecule has 7 nitrogen and oxygen atoms in total. The van der Waals surface area contributed by atoms with Crippen molar-refractivity contribution in [3.8, 4) is 0 Å². The fourth-order valence-corrected chi connectivity index (χ4v) is 3.10. The minimum Gasteiger partial charge on any atom is -0.353 e. The lowest BCUT2D eigenvalue weighted by atomic mass is 9.78. The maximum Gasteiger partial charge on any atom is 0.251 e. The third-order valence-corrected chi connectivity index (χ3v) is 4.74. The van der Waals surface area contributed by atoms with Crippen LogP contribution in [0.1, 0.15) is 53.7 Å². The molecule has 2 aromatic heterocycles. The summed E-state index contributed by atoms with van der Waals surface area (Å²) in [7, 11) is 0. The molecule has 0 unspecified atom stereocenters. The van der Waals surface area contributed by atoms with E-state index in [0.717, 1.165) is 35.5 Å². The summed E-state index contributed by atoms with van der Waals surface area (Å²) < 4.78 is 0. The molecule has 2 aromatic rings. The zero-order chi connectivity index (χ0) is 17.3. The standard InChI is InChI=1S/C17H23N5O2/c1-9-10(2)21-22-14(9)4-5-16(23)20-13-6-12(7-13)15-8-17(24)19-11(3)18-15/h8,12-13H,4-7H2,1-3H3,(H,20,23)(H,21,22)(H,18,19,24). The Kier molecular flexibility index (Phi) is 4.51. The number of hydrogen-bond donors (Lipinski definition) is 3. The van der Waals surface area contributed by atoms with Gasteiger partial charge in [-0.25, -0.2) is 4.98 Å². The van der Waals surface area contributed by atoms with E-state index in [1.54, 1.807) is 13.0 Å². The Morgan fingerprint density at radius 2 is 2.08 bits per heavy atom. The van der Waals surface area contributed by atoms with Crippen LogP contribution < -0.4 is 10.9 Å². The lowest BCUT2D eigenvalue weighted by molar-refractivity contribution is -0.122. The van der Waals surface area contributed by atoms with E-state index < -0.39 is 0 Å². The molecule has 7 heteroatoms. The molecule has 1 saturated carbocycles. The highest BCUT2D eigenvalue weighted by atomic mass is 16.1. The highest BCUT2D eigenvalue weighted by molar-refractivity contribution is 5.76. The van der Waals surface area contributed by atoms with Crippen LogP contribution >= 0.6 is 0 Å². The third kappa shape index (κ3) is 3.55. The summed E-state index contributed by atoms with van der Waals surface area (Å²) in [6.45, 7) is 5.77. The number of H-pyrrole nitrogens is 2. The van der Waals surface area contributed by atoms with Gasteiger partial charge in [0.05, 0.1) is 11.4 Å². The number of amides is 1. The Morgan fingerprint density at radius 1 is 1.33 bits per heavy atom. The van der Waals surface area contributed by atoms with Gasteiger partial charge in [-0.2, -0.15) is 5.10 Å². The van der Waals surface area contributed by atoms with E-state index in [1.165, 1.54) is 0 Å². The molecule has 0 saturated heterocycles. The van der Waals surface area contributed by atoms with Gasteiger partial charge in [0.25, 0.3) is 5.56 Å². The Bertz CT molecular complexity index is 802. The van der Waals surface area contributed by atoms with E-state index in [9.17, 15) is 9.59 Å². The first kappa shape index (κ1) is 16.4. The molecule has 1 aliphatic carbocycles. The summed E-state index contributed by atoms with van der Waals surface area (Å²) in [4.78, 5) is 30.6. The molecular weight excluding hydrogens is 306 g/mol. The molecule has 0 bridgehead atoms. The SMILES string of the molecule is Cc1nc(C2CC(NC(=O)CCc3n[nH]c(C)c3C)C2)cc(=O)[nH]1. The maximum absolute atomic E-state index is 12.1. The molecule has 1 amide bonds. The monoisotopic (exact) mass is 329 g/mol.